The summed E-state index contributed by atoms with van der Waals surface area (Å²) in [6.07, 6.45) is 4.91. The lowest BCUT2D eigenvalue weighted by atomic mass is 10.1. The zero-order chi connectivity index (χ0) is 24.3. The summed E-state index contributed by atoms with van der Waals surface area (Å²) in [5, 5.41) is 10.4. The van der Waals surface area contributed by atoms with Gasteiger partial charge >= 0.3 is 6.03 Å². The van der Waals surface area contributed by atoms with Crippen molar-refractivity contribution < 1.29 is 14.1 Å². The minimum absolute atomic E-state index is 0.242. The number of hydrogen-bond donors (Lipinski definition) is 3. The van der Waals surface area contributed by atoms with Crippen molar-refractivity contribution in [2.75, 3.05) is 41.8 Å². The van der Waals surface area contributed by atoms with Crippen molar-refractivity contribution in [1.82, 2.24) is 25.1 Å². The van der Waals surface area contributed by atoms with Gasteiger partial charge in [-0.2, -0.15) is 0 Å². The molecule has 11 heteroatoms. The van der Waals surface area contributed by atoms with Crippen molar-refractivity contribution in [1.29, 1.82) is 0 Å². The van der Waals surface area contributed by atoms with E-state index in [9.17, 15) is 4.79 Å². The van der Waals surface area contributed by atoms with Gasteiger partial charge in [0, 0.05) is 48.5 Å². The van der Waals surface area contributed by atoms with Crippen molar-refractivity contribution in [2.24, 2.45) is 0 Å². The van der Waals surface area contributed by atoms with E-state index in [0.29, 0.717) is 24.6 Å². The fourth-order valence-electron chi connectivity index (χ4n) is 4.11. The van der Waals surface area contributed by atoms with E-state index in [1.807, 2.05) is 36.4 Å². The Morgan fingerprint density at radius 1 is 0.944 bits per heavy atom. The van der Waals surface area contributed by atoms with E-state index in [2.05, 4.69) is 46.7 Å². The Labute approximate surface area is 205 Å². The monoisotopic (exact) mass is 482 g/mol. The molecule has 1 aliphatic rings. The Hall–Kier alpha value is -4.77. The van der Waals surface area contributed by atoms with Gasteiger partial charge in [-0.05, 0) is 35.9 Å². The molecule has 6 rings (SSSR count). The van der Waals surface area contributed by atoms with Gasteiger partial charge in [-0.15, -0.1) is 0 Å². The van der Waals surface area contributed by atoms with Gasteiger partial charge in [0.15, 0.2) is 0 Å². The van der Waals surface area contributed by atoms with Crippen LogP contribution in [-0.4, -0.2) is 57.4 Å². The molecular weight excluding hydrogens is 460 g/mol. The number of H-pyrrole nitrogens is 1. The molecule has 1 aliphatic heterocycles. The summed E-state index contributed by atoms with van der Waals surface area (Å²) in [4.78, 5) is 30.9. The summed E-state index contributed by atoms with van der Waals surface area (Å²) in [6.45, 7) is 2.97. The van der Waals surface area contributed by atoms with Crippen LogP contribution in [-0.2, 0) is 4.74 Å². The number of ether oxygens (including phenoxy) is 1. The smallest absolute Gasteiger partial charge is 0.326 e. The predicted molar refractivity (Wildman–Crippen MR) is 135 cm³/mol. The number of nitrogens with zero attached hydrogens (tertiary/aromatic N) is 5. The van der Waals surface area contributed by atoms with Gasteiger partial charge in [-0.3, -0.25) is 10.3 Å². The van der Waals surface area contributed by atoms with Gasteiger partial charge in [0.25, 0.3) is 0 Å². The van der Waals surface area contributed by atoms with Gasteiger partial charge in [-0.25, -0.2) is 14.8 Å². The fourth-order valence-corrected chi connectivity index (χ4v) is 4.11. The Morgan fingerprint density at radius 2 is 1.75 bits per heavy atom. The van der Waals surface area contributed by atoms with Crippen LogP contribution in [0.25, 0.3) is 33.5 Å². The molecule has 4 aromatic heterocycles. The topological polar surface area (TPSA) is 134 Å². The van der Waals surface area contributed by atoms with E-state index in [1.165, 1.54) is 0 Å². The molecule has 0 atom stereocenters. The Kier molecular flexibility index (Phi) is 5.72. The second kappa shape index (κ2) is 9.47. The number of carbonyl (C=O) groups excluding carboxylic acids is 1. The number of carbonyl (C=O) groups is 1. The minimum Gasteiger partial charge on any atom is -0.378 e. The second-order valence-electron chi connectivity index (χ2n) is 8.21. The molecule has 0 bridgehead atoms. The molecule has 0 spiro atoms. The zero-order valence-corrected chi connectivity index (χ0v) is 19.1. The Morgan fingerprint density at radius 3 is 2.56 bits per heavy atom. The van der Waals surface area contributed by atoms with Gasteiger partial charge in [0.1, 0.15) is 23.5 Å². The summed E-state index contributed by atoms with van der Waals surface area (Å²) in [6, 6.07) is 14.4. The Balaban J connectivity index is 1.14. The Bertz CT molecular complexity index is 1490. The standard InChI is InChI=1S/C25H22N8O3/c34-25(31-22-14-21(32-36-22)17-5-7-26-8-6-17)29-18-3-1-16(2-4-18)20-13-19-23(30-20)27-15-28-24(19)33-9-11-35-12-10-33/h1-8,13-15H,9-12H2,(H,27,28,30)(H2,29,31,34). The largest absolute Gasteiger partial charge is 0.378 e. The first-order chi connectivity index (χ1) is 17.7. The van der Waals surface area contributed by atoms with Crippen LogP contribution in [0.5, 0.6) is 0 Å². The summed E-state index contributed by atoms with van der Waals surface area (Å²) in [5.74, 6) is 1.14. The average Bonchev–Trinajstić information content (AvgIpc) is 3.57. The third kappa shape index (κ3) is 4.46. The zero-order valence-electron chi connectivity index (χ0n) is 19.1. The van der Waals surface area contributed by atoms with Gasteiger partial charge in [0.2, 0.25) is 5.88 Å². The molecule has 1 fully saturated rings. The highest BCUT2D eigenvalue weighted by atomic mass is 16.5. The van der Waals surface area contributed by atoms with E-state index in [1.54, 1.807) is 24.8 Å². The number of fused-ring (bicyclic) bond motifs is 1. The van der Waals surface area contributed by atoms with E-state index in [4.69, 9.17) is 9.26 Å². The third-order valence-corrected chi connectivity index (χ3v) is 5.89. The van der Waals surface area contributed by atoms with Crippen LogP contribution in [0.2, 0.25) is 0 Å². The number of hydrogen-bond acceptors (Lipinski definition) is 8. The average molecular weight is 483 g/mol. The van der Waals surface area contributed by atoms with E-state index >= 15 is 0 Å². The first kappa shape index (κ1) is 21.7. The molecule has 5 heterocycles. The molecule has 0 radical (unpaired) electrons. The molecule has 180 valence electrons. The molecule has 36 heavy (non-hydrogen) atoms. The number of urea groups is 1. The minimum atomic E-state index is -0.434. The molecule has 11 nitrogen and oxygen atoms in total. The van der Waals surface area contributed by atoms with Crippen molar-refractivity contribution >= 4 is 34.5 Å². The lowest BCUT2D eigenvalue weighted by Gasteiger charge is -2.27. The van der Waals surface area contributed by atoms with E-state index < -0.39 is 6.03 Å². The SMILES string of the molecule is O=C(Nc1ccc(-c2cc3c(N4CCOCC4)ncnc3[nH]2)cc1)Nc1cc(-c2ccncc2)no1. The van der Waals surface area contributed by atoms with Crippen LogP contribution < -0.4 is 15.5 Å². The maximum absolute atomic E-state index is 12.4. The highest BCUT2D eigenvalue weighted by Gasteiger charge is 2.17. The quantitative estimate of drug-likeness (QED) is 0.340. The summed E-state index contributed by atoms with van der Waals surface area (Å²) >= 11 is 0. The van der Waals surface area contributed by atoms with Crippen LogP contribution in [0.15, 0.2) is 71.8 Å². The van der Waals surface area contributed by atoms with Crippen LogP contribution in [0.1, 0.15) is 0 Å². The molecule has 1 aromatic carbocycles. The molecule has 0 unspecified atom stereocenters. The number of aromatic amines is 1. The van der Waals surface area contributed by atoms with Gasteiger partial charge in [-0.1, -0.05) is 17.3 Å². The van der Waals surface area contributed by atoms with Crippen LogP contribution >= 0.6 is 0 Å². The normalized spacial score (nSPS) is 13.6. The van der Waals surface area contributed by atoms with Crippen molar-refractivity contribution in [3.63, 3.8) is 0 Å². The molecule has 2 amide bonds. The molecule has 0 saturated carbocycles. The van der Waals surface area contributed by atoms with Gasteiger partial charge in [0.05, 0.1) is 18.6 Å². The molecule has 3 N–H and O–H groups in total. The lowest BCUT2D eigenvalue weighted by molar-refractivity contribution is 0.122. The number of anilines is 3. The maximum atomic E-state index is 12.4. The first-order valence-electron chi connectivity index (χ1n) is 11.4. The summed E-state index contributed by atoms with van der Waals surface area (Å²) < 4.78 is 10.7. The summed E-state index contributed by atoms with van der Waals surface area (Å²) in [5.41, 5.74) is 4.75. The predicted octanol–water partition coefficient (Wildman–Crippen LogP) is 4.16. The molecular formula is C25H22N8O3. The van der Waals surface area contributed by atoms with Crippen LogP contribution in [0, 0.1) is 0 Å². The maximum Gasteiger partial charge on any atom is 0.326 e. The van der Waals surface area contributed by atoms with Crippen molar-refractivity contribution in [3.05, 3.63) is 67.3 Å². The number of pyridine rings is 1. The molecule has 0 aliphatic carbocycles. The third-order valence-electron chi connectivity index (χ3n) is 5.89. The number of morpholine rings is 1. The van der Waals surface area contributed by atoms with Crippen molar-refractivity contribution in [3.8, 4) is 22.5 Å². The number of benzene rings is 1. The fraction of sp³-hybridized carbons (Fsp3) is 0.160. The van der Waals surface area contributed by atoms with Gasteiger partial charge < -0.3 is 24.5 Å². The number of amides is 2. The highest BCUT2D eigenvalue weighted by Crippen LogP contribution is 2.30. The van der Waals surface area contributed by atoms with Crippen LogP contribution in [0.4, 0.5) is 22.2 Å². The summed E-state index contributed by atoms with van der Waals surface area (Å²) in [7, 11) is 0. The first-order valence-corrected chi connectivity index (χ1v) is 11.4. The lowest BCUT2D eigenvalue weighted by Crippen LogP contribution is -2.36. The number of aromatic nitrogens is 5. The number of rotatable bonds is 5. The molecule has 5 aromatic rings. The molecule has 1 saturated heterocycles. The van der Waals surface area contributed by atoms with Crippen molar-refractivity contribution in [2.45, 2.75) is 0 Å². The van der Waals surface area contributed by atoms with E-state index in [0.717, 1.165) is 46.8 Å². The second-order valence-corrected chi connectivity index (χ2v) is 8.21. The highest BCUT2D eigenvalue weighted by molar-refractivity contribution is 5.99. The van der Waals surface area contributed by atoms with Crippen LogP contribution in [0.3, 0.4) is 0 Å². The number of nitrogens with one attached hydrogen (secondary N) is 3. The van der Waals surface area contributed by atoms with E-state index in [-0.39, 0.29) is 5.88 Å².